The van der Waals surface area contributed by atoms with Crippen LogP contribution in [0.5, 0.6) is 0 Å². The van der Waals surface area contributed by atoms with Gasteiger partial charge in [0.1, 0.15) is 24.4 Å². The van der Waals surface area contributed by atoms with Crippen molar-refractivity contribution in [3.63, 3.8) is 0 Å². The summed E-state index contributed by atoms with van der Waals surface area (Å²) in [5, 5.41) is 54.7. The molecule has 0 radical (unpaired) electrons. The van der Waals surface area contributed by atoms with Crippen molar-refractivity contribution in [1.29, 1.82) is 0 Å². The van der Waals surface area contributed by atoms with Crippen molar-refractivity contribution in [1.82, 2.24) is 5.32 Å². The number of carbonyl (C=O) groups excluding carboxylic acids is 1. The third-order valence-corrected chi connectivity index (χ3v) is 16.9. The standard InChI is InChI=1S/C72H135NO8/c1-3-5-7-9-11-13-15-17-19-21-23-25-27-29-31-33-35-37-39-41-43-45-47-49-51-53-55-57-59-61-66(75)65(64-80-72-71(79)70(78)69(77)67(63-74)81-72)73-68(76)62-60-58-56-54-52-50-48-46-44-42-40-38-36-34-32-30-28-26-24-22-20-18-16-14-12-10-8-6-4-2/h16,18,22,24,51,53,59,61,65-67,69-72,74-75,77-79H,3-15,17,19-21,23,25-50,52,54-58,60,62-64H2,1-2H3,(H,73,76)/b18-16-,24-22-,53-51+,61-59+. The van der Waals surface area contributed by atoms with Gasteiger partial charge >= 0.3 is 0 Å². The Morgan fingerprint density at radius 1 is 0.420 bits per heavy atom. The molecule has 1 aliphatic heterocycles. The average Bonchev–Trinajstić information content (AvgIpc) is 3.51. The second-order valence-electron chi connectivity index (χ2n) is 24.7. The lowest BCUT2D eigenvalue weighted by Gasteiger charge is -2.40. The van der Waals surface area contributed by atoms with E-state index >= 15 is 0 Å². The number of amides is 1. The zero-order valence-electron chi connectivity index (χ0n) is 53.3. The van der Waals surface area contributed by atoms with Gasteiger partial charge in [0.2, 0.25) is 5.91 Å². The van der Waals surface area contributed by atoms with Crippen LogP contribution in [0.1, 0.15) is 348 Å². The van der Waals surface area contributed by atoms with Gasteiger partial charge in [-0.15, -0.1) is 0 Å². The molecule has 9 heteroatoms. The molecule has 9 nitrogen and oxygen atoms in total. The Labute approximate surface area is 501 Å². The predicted octanol–water partition coefficient (Wildman–Crippen LogP) is 19.2. The van der Waals surface area contributed by atoms with Gasteiger partial charge in [0.05, 0.1) is 25.4 Å². The fourth-order valence-electron chi connectivity index (χ4n) is 11.3. The summed E-state index contributed by atoms with van der Waals surface area (Å²) < 4.78 is 11.3. The lowest BCUT2D eigenvalue weighted by molar-refractivity contribution is -0.302. The highest BCUT2D eigenvalue weighted by atomic mass is 16.7. The number of carbonyl (C=O) groups is 1. The van der Waals surface area contributed by atoms with Crippen LogP contribution in [0, 0.1) is 0 Å². The second kappa shape index (κ2) is 61.2. The summed E-state index contributed by atoms with van der Waals surface area (Å²) in [6.07, 6.45) is 76.5. The zero-order valence-corrected chi connectivity index (χ0v) is 53.3. The average molecular weight is 1140 g/mol. The van der Waals surface area contributed by atoms with E-state index < -0.39 is 49.5 Å². The molecule has 0 saturated carbocycles. The molecule has 0 aromatic rings. The van der Waals surface area contributed by atoms with Crippen molar-refractivity contribution in [3.05, 3.63) is 48.6 Å². The fourth-order valence-corrected chi connectivity index (χ4v) is 11.3. The van der Waals surface area contributed by atoms with E-state index in [1.807, 2.05) is 6.08 Å². The van der Waals surface area contributed by atoms with Gasteiger partial charge in [-0.25, -0.2) is 0 Å². The highest BCUT2D eigenvalue weighted by Gasteiger charge is 2.44. The molecule has 7 unspecified atom stereocenters. The third-order valence-electron chi connectivity index (χ3n) is 16.9. The van der Waals surface area contributed by atoms with Crippen LogP contribution >= 0.6 is 0 Å². The molecule has 0 spiro atoms. The Balaban J connectivity index is 2.14. The van der Waals surface area contributed by atoms with Crippen LogP contribution in [0.15, 0.2) is 48.6 Å². The molecule has 1 fully saturated rings. The number of allylic oxidation sites excluding steroid dienone is 7. The number of hydrogen-bond donors (Lipinski definition) is 6. The predicted molar refractivity (Wildman–Crippen MR) is 346 cm³/mol. The Morgan fingerprint density at radius 2 is 0.741 bits per heavy atom. The van der Waals surface area contributed by atoms with Crippen LogP contribution in [-0.2, 0) is 14.3 Å². The molecule has 0 aromatic heterocycles. The minimum Gasteiger partial charge on any atom is -0.394 e. The highest BCUT2D eigenvalue weighted by molar-refractivity contribution is 5.76. The number of ether oxygens (including phenoxy) is 2. The van der Waals surface area contributed by atoms with E-state index in [0.29, 0.717) is 6.42 Å². The first-order valence-corrected chi connectivity index (χ1v) is 35.4. The van der Waals surface area contributed by atoms with Gasteiger partial charge in [-0.1, -0.05) is 326 Å². The largest absolute Gasteiger partial charge is 0.394 e. The van der Waals surface area contributed by atoms with Crippen molar-refractivity contribution in [2.75, 3.05) is 13.2 Å². The zero-order chi connectivity index (χ0) is 58.6. The number of hydrogen-bond acceptors (Lipinski definition) is 8. The lowest BCUT2D eigenvalue weighted by atomic mass is 9.99. The van der Waals surface area contributed by atoms with E-state index in [2.05, 4.69) is 55.6 Å². The van der Waals surface area contributed by atoms with Crippen molar-refractivity contribution < 1.29 is 39.8 Å². The van der Waals surface area contributed by atoms with Gasteiger partial charge in [0.15, 0.2) is 6.29 Å². The summed E-state index contributed by atoms with van der Waals surface area (Å²) in [4.78, 5) is 13.1. The molecule has 0 bridgehead atoms. The number of unbranched alkanes of at least 4 members (excludes halogenated alkanes) is 46. The van der Waals surface area contributed by atoms with Gasteiger partial charge in [0.25, 0.3) is 0 Å². The van der Waals surface area contributed by atoms with Crippen molar-refractivity contribution in [2.24, 2.45) is 0 Å². The van der Waals surface area contributed by atoms with Crippen LogP contribution in [0.4, 0.5) is 0 Å². The molecule has 1 heterocycles. The summed E-state index contributed by atoms with van der Waals surface area (Å²) in [6, 6.07) is -0.824. The maximum atomic E-state index is 13.1. The Morgan fingerprint density at radius 3 is 1.11 bits per heavy atom. The van der Waals surface area contributed by atoms with E-state index in [1.165, 1.54) is 283 Å². The summed E-state index contributed by atoms with van der Waals surface area (Å²) in [6.45, 7) is 3.80. The Bertz CT molecular complexity index is 1420. The fraction of sp³-hybridized carbons (Fsp3) is 0.875. The SMILES string of the molecule is CCCCCCC/C=C\C/C=C\CCCCCCCCCCCCCCCCCCCC(=O)NC(COC1OC(CO)C(O)C(O)C1O)C(O)/C=C/CC/C=C/CCCCCCCCCCCCCCCCCCCCCCCCC. The molecule has 6 N–H and O–H groups in total. The van der Waals surface area contributed by atoms with Crippen molar-refractivity contribution in [2.45, 2.75) is 391 Å². The third kappa shape index (κ3) is 50.1. The Kier molecular flexibility index (Phi) is 58.3. The summed E-state index contributed by atoms with van der Waals surface area (Å²) in [7, 11) is 0. The van der Waals surface area contributed by atoms with E-state index in [0.717, 1.165) is 44.9 Å². The smallest absolute Gasteiger partial charge is 0.220 e. The van der Waals surface area contributed by atoms with Crippen LogP contribution in [-0.4, -0.2) is 87.5 Å². The molecular weight excluding hydrogens is 1010 g/mol. The van der Waals surface area contributed by atoms with E-state index in [4.69, 9.17) is 9.47 Å². The van der Waals surface area contributed by atoms with Gasteiger partial charge in [-0.2, -0.15) is 0 Å². The van der Waals surface area contributed by atoms with Crippen LogP contribution in [0.25, 0.3) is 0 Å². The molecule has 1 saturated heterocycles. The first-order valence-electron chi connectivity index (χ1n) is 35.4. The van der Waals surface area contributed by atoms with Crippen LogP contribution in [0.3, 0.4) is 0 Å². The summed E-state index contributed by atoms with van der Waals surface area (Å²) in [5.41, 5.74) is 0. The number of rotatable bonds is 62. The molecule has 0 aromatic carbocycles. The molecule has 1 aliphatic rings. The van der Waals surface area contributed by atoms with Gasteiger partial charge in [-0.3, -0.25) is 4.79 Å². The summed E-state index contributed by atoms with van der Waals surface area (Å²) >= 11 is 0. The first kappa shape index (κ1) is 77.2. The topological polar surface area (TPSA) is 149 Å². The quantitative estimate of drug-likeness (QED) is 0.0261. The van der Waals surface area contributed by atoms with Gasteiger partial charge in [0, 0.05) is 6.42 Å². The van der Waals surface area contributed by atoms with Crippen molar-refractivity contribution in [3.8, 4) is 0 Å². The van der Waals surface area contributed by atoms with Crippen LogP contribution in [0.2, 0.25) is 0 Å². The molecule has 1 amide bonds. The van der Waals surface area contributed by atoms with Gasteiger partial charge < -0.3 is 40.3 Å². The highest BCUT2D eigenvalue weighted by Crippen LogP contribution is 2.23. The maximum absolute atomic E-state index is 13.1. The normalized spacial score (nSPS) is 18.6. The first-order chi connectivity index (χ1) is 39.8. The minimum atomic E-state index is -1.57. The Hall–Kier alpha value is -1.85. The van der Waals surface area contributed by atoms with E-state index in [-0.39, 0.29) is 12.5 Å². The number of aliphatic hydroxyl groups is 5. The molecule has 476 valence electrons. The lowest BCUT2D eigenvalue weighted by Crippen LogP contribution is -2.60. The molecule has 81 heavy (non-hydrogen) atoms. The van der Waals surface area contributed by atoms with Gasteiger partial charge in [-0.05, 0) is 64.2 Å². The number of nitrogens with one attached hydrogen (secondary N) is 1. The molecule has 7 atom stereocenters. The molecular formula is C72H135NO8. The van der Waals surface area contributed by atoms with E-state index in [1.54, 1.807) is 6.08 Å². The van der Waals surface area contributed by atoms with Crippen LogP contribution < -0.4 is 5.32 Å². The van der Waals surface area contributed by atoms with E-state index in [9.17, 15) is 30.3 Å². The molecule has 0 aliphatic carbocycles. The number of aliphatic hydroxyl groups excluding tert-OH is 5. The molecule has 1 rings (SSSR count). The summed E-state index contributed by atoms with van der Waals surface area (Å²) in [5.74, 6) is -0.181. The minimum absolute atomic E-state index is 0.181. The maximum Gasteiger partial charge on any atom is 0.220 e. The monoisotopic (exact) mass is 1140 g/mol. The second-order valence-corrected chi connectivity index (χ2v) is 24.7. The van der Waals surface area contributed by atoms with Crippen molar-refractivity contribution >= 4 is 5.91 Å².